The van der Waals surface area contributed by atoms with Crippen LogP contribution >= 0.6 is 0 Å². The Bertz CT molecular complexity index is 927. The molecule has 4 bridgehead atoms. The summed E-state index contributed by atoms with van der Waals surface area (Å²) < 4.78 is 0. The zero-order valence-corrected chi connectivity index (χ0v) is 20.8. The highest BCUT2D eigenvalue weighted by Gasteiger charge is 2.63. The van der Waals surface area contributed by atoms with Gasteiger partial charge in [0.1, 0.15) is 0 Å². The lowest BCUT2D eigenvalue weighted by atomic mass is 9.85. The molecule has 6 nitrogen and oxygen atoms in total. The Morgan fingerprint density at radius 3 is 1.14 bits per heavy atom. The van der Waals surface area contributed by atoms with Crippen LogP contribution in [0.15, 0.2) is 49.6 Å². The minimum atomic E-state index is -0.181. The molecule has 4 fully saturated rings. The first-order valence-electron chi connectivity index (χ1n) is 13.8. The van der Waals surface area contributed by atoms with Gasteiger partial charge in [-0.1, -0.05) is 49.3 Å². The second-order valence-corrected chi connectivity index (χ2v) is 11.6. The Morgan fingerprint density at radius 2 is 0.861 bits per heavy atom. The summed E-state index contributed by atoms with van der Waals surface area (Å²) in [6.45, 7) is 8.64. The van der Waals surface area contributed by atoms with Crippen LogP contribution in [0.25, 0.3) is 0 Å². The maximum absolute atomic E-state index is 13.1. The molecule has 2 saturated heterocycles. The Morgan fingerprint density at radius 1 is 0.556 bits per heavy atom. The summed E-state index contributed by atoms with van der Waals surface area (Å²) in [4.78, 5) is 55.3. The number of hydrogen-bond donors (Lipinski definition) is 0. The highest BCUT2D eigenvalue weighted by molar-refractivity contribution is 6.07. The fraction of sp³-hybridized carbons (Fsp3) is 0.600. The average Bonchev–Trinajstić information content (AvgIpc) is 3.68. The van der Waals surface area contributed by atoms with Crippen LogP contribution in [0.4, 0.5) is 0 Å². The van der Waals surface area contributed by atoms with Crippen LogP contribution in [0, 0.1) is 59.2 Å². The third kappa shape index (κ3) is 3.22. The Hall–Kier alpha value is -2.76. The maximum atomic E-state index is 13.1. The number of hydrogen-bond acceptors (Lipinski definition) is 4. The van der Waals surface area contributed by atoms with Crippen molar-refractivity contribution in [2.24, 2.45) is 59.2 Å². The summed E-state index contributed by atoms with van der Waals surface area (Å²) in [7, 11) is 0. The molecule has 36 heavy (non-hydrogen) atoms. The largest absolute Gasteiger partial charge is 0.282 e. The molecule has 2 saturated carbocycles. The van der Waals surface area contributed by atoms with Crippen LogP contribution in [-0.2, 0) is 19.2 Å². The van der Waals surface area contributed by atoms with Crippen molar-refractivity contribution in [1.82, 2.24) is 9.80 Å². The normalized spacial score (nSPS) is 41.2. The number of amides is 4. The monoisotopic (exact) mass is 488 g/mol. The van der Waals surface area contributed by atoms with Gasteiger partial charge in [0.05, 0.1) is 23.7 Å². The topological polar surface area (TPSA) is 74.8 Å². The van der Waals surface area contributed by atoms with Crippen LogP contribution in [0.1, 0.15) is 38.5 Å². The van der Waals surface area contributed by atoms with E-state index in [9.17, 15) is 19.2 Å². The lowest BCUT2D eigenvalue weighted by molar-refractivity contribution is -0.142. The number of allylic oxidation sites excluding steroid dienone is 6. The zero-order chi connectivity index (χ0) is 25.1. The van der Waals surface area contributed by atoms with E-state index in [-0.39, 0.29) is 71.0 Å². The first kappa shape index (κ1) is 23.6. The van der Waals surface area contributed by atoms with E-state index < -0.39 is 0 Å². The van der Waals surface area contributed by atoms with E-state index >= 15 is 0 Å². The Kier molecular flexibility index (Phi) is 5.88. The summed E-state index contributed by atoms with van der Waals surface area (Å²) in [6, 6.07) is 0. The predicted octanol–water partition coefficient (Wildman–Crippen LogP) is 3.77. The third-order valence-electron chi connectivity index (χ3n) is 10.1. The second-order valence-electron chi connectivity index (χ2n) is 11.6. The van der Waals surface area contributed by atoms with Crippen molar-refractivity contribution in [3.63, 3.8) is 0 Å². The molecular weight excluding hydrogens is 452 g/mol. The summed E-state index contributed by atoms with van der Waals surface area (Å²) in [5.74, 6) is 0.700. The summed E-state index contributed by atoms with van der Waals surface area (Å²) in [5.41, 5.74) is 0. The molecule has 6 aliphatic rings. The van der Waals surface area contributed by atoms with Crippen LogP contribution in [0.3, 0.4) is 0 Å². The molecule has 190 valence electrons. The molecule has 4 aliphatic carbocycles. The number of fused-ring (bicyclic) bond motifs is 10. The summed E-state index contributed by atoms with van der Waals surface area (Å²) in [6.07, 6.45) is 17.4. The van der Waals surface area contributed by atoms with E-state index in [1.165, 1.54) is 9.80 Å². The van der Waals surface area contributed by atoms with Gasteiger partial charge in [-0.05, 0) is 61.2 Å². The number of rotatable bonds is 11. The van der Waals surface area contributed by atoms with Crippen molar-refractivity contribution in [1.29, 1.82) is 0 Å². The quantitative estimate of drug-likeness (QED) is 0.252. The van der Waals surface area contributed by atoms with Crippen LogP contribution in [0.5, 0.6) is 0 Å². The van der Waals surface area contributed by atoms with Crippen LogP contribution in [-0.4, -0.2) is 46.5 Å². The first-order chi connectivity index (χ1) is 17.5. The van der Waals surface area contributed by atoms with Crippen molar-refractivity contribution in [2.45, 2.75) is 38.5 Å². The number of unbranched alkanes of at least 4 members (excludes halogenated alkanes) is 3. The number of carbonyl (C=O) groups excluding carboxylic acids is 4. The molecule has 6 heteroatoms. The fourth-order valence-corrected chi connectivity index (χ4v) is 8.66. The first-order valence-corrected chi connectivity index (χ1v) is 13.8. The molecule has 0 N–H and O–H groups in total. The van der Waals surface area contributed by atoms with Gasteiger partial charge >= 0.3 is 0 Å². The van der Waals surface area contributed by atoms with Crippen molar-refractivity contribution in [2.75, 3.05) is 13.1 Å². The minimum absolute atomic E-state index is 0.00807. The van der Waals surface area contributed by atoms with Gasteiger partial charge in [0.2, 0.25) is 23.6 Å². The summed E-state index contributed by atoms with van der Waals surface area (Å²) >= 11 is 0. The van der Waals surface area contributed by atoms with Crippen molar-refractivity contribution >= 4 is 23.6 Å². The Balaban J connectivity index is 0.958. The molecule has 0 aromatic rings. The predicted molar refractivity (Wildman–Crippen MR) is 135 cm³/mol. The van der Waals surface area contributed by atoms with Gasteiger partial charge in [-0.25, -0.2) is 0 Å². The third-order valence-corrected chi connectivity index (χ3v) is 10.1. The van der Waals surface area contributed by atoms with Crippen molar-refractivity contribution in [3.8, 4) is 0 Å². The van der Waals surface area contributed by atoms with Crippen LogP contribution in [0.2, 0.25) is 0 Å². The summed E-state index contributed by atoms with van der Waals surface area (Å²) in [5, 5.41) is 0. The molecular formula is C30H36N2O4. The molecule has 8 atom stereocenters. The highest BCUT2D eigenvalue weighted by Crippen LogP contribution is 2.58. The number of carbonyl (C=O) groups is 4. The van der Waals surface area contributed by atoms with Gasteiger partial charge in [-0.3, -0.25) is 29.0 Å². The van der Waals surface area contributed by atoms with E-state index in [1.54, 1.807) is 0 Å². The van der Waals surface area contributed by atoms with Gasteiger partial charge in [0, 0.05) is 13.1 Å². The fourth-order valence-electron chi connectivity index (χ4n) is 8.66. The molecule has 6 rings (SSSR count). The van der Waals surface area contributed by atoms with Gasteiger partial charge in [-0.2, -0.15) is 0 Å². The Labute approximate surface area is 213 Å². The van der Waals surface area contributed by atoms with Gasteiger partial charge < -0.3 is 0 Å². The SMILES string of the molecule is C=CCC1C2C=CC1C1C(=O)N(CCCCCCN3C(=O)C4C5C=CC(C5CC=C)C4C3=O)C(=O)C21. The van der Waals surface area contributed by atoms with Crippen LogP contribution < -0.4 is 0 Å². The molecule has 2 aliphatic heterocycles. The second kappa shape index (κ2) is 8.97. The van der Waals surface area contributed by atoms with E-state index in [2.05, 4.69) is 37.5 Å². The van der Waals surface area contributed by atoms with Crippen molar-refractivity contribution in [3.05, 3.63) is 49.6 Å². The minimum Gasteiger partial charge on any atom is -0.282 e. The van der Waals surface area contributed by atoms with Gasteiger partial charge in [-0.15, -0.1) is 13.2 Å². The molecule has 8 unspecified atom stereocenters. The van der Waals surface area contributed by atoms with E-state index in [0.717, 1.165) is 38.5 Å². The molecule has 4 amide bonds. The number of likely N-dealkylation sites (tertiary alicyclic amines) is 2. The smallest absolute Gasteiger partial charge is 0.233 e. The zero-order valence-electron chi connectivity index (χ0n) is 20.8. The average molecular weight is 489 g/mol. The van der Waals surface area contributed by atoms with Gasteiger partial charge in [0.25, 0.3) is 0 Å². The molecule has 0 aromatic heterocycles. The molecule has 0 spiro atoms. The standard InChI is InChI=1S/C30H36N2O4/c1-3-9-17-19-11-12-20(17)24-23(19)27(33)31(28(24)34)15-7-5-6-8-16-32-29(35)25-21-13-14-22(18(21)10-4-2)26(25)30(32)36/h3-4,11-14,17-26H,1-2,5-10,15-16H2. The number of nitrogens with zero attached hydrogens (tertiary/aromatic N) is 2. The molecule has 0 aromatic carbocycles. The lowest BCUT2D eigenvalue weighted by Crippen LogP contribution is -2.35. The van der Waals surface area contributed by atoms with E-state index in [0.29, 0.717) is 24.9 Å². The maximum Gasteiger partial charge on any atom is 0.233 e. The lowest BCUT2D eigenvalue weighted by Gasteiger charge is -2.22. The van der Waals surface area contributed by atoms with Gasteiger partial charge in [0.15, 0.2) is 0 Å². The van der Waals surface area contributed by atoms with E-state index in [4.69, 9.17) is 0 Å². The van der Waals surface area contributed by atoms with Crippen molar-refractivity contribution < 1.29 is 19.2 Å². The molecule has 0 radical (unpaired) electrons. The highest BCUT2D eigenvalue weighted by atomic mass is 16.2. The van der Waals surface area contributed by atoms with E-state index in [1.807, 2.05) is 12.2 Å². The number of imide groups is 2. The molecule has 2 heterocycles.